The summed E-state index contributed by atoms with van der Waals surface area (Å²) in [5.74, 6) is 0.526. The number of halogens is 3. The van der Waals surface area contributed by atoms with Crippen LogP contribution < -0.4 is 4.74 Å². The van der Waals surface area contributed by atoms with Crippen molar-refractivity contribution in [2.75, 3.05) is 6.61 Å². The summed E-state index contributed by atoms with van der Waals surface area (Å²) >= 11 is 0. The molecule has 0 atom stereocenters. The number of carboxylic acid groups (broad SMARTS) is 2. The third-order valence-electron chi connectivity index (χ3n) is 8.73. The maximum Gasteiger partial charge on any atom is 0.416 e. The molecule has 4 saturated carbocycles. The Morgan fingerprint density at radius 1 is 0.950 bits per heavy atom. The summed E-state index contributed by atoms with van der Waals surface area (Å²) in [6, 6.07) is 10.8. The first-order chi connectivity index (χ1) is 19.0. The second kappa shape index (κ2) is 11.1. The summed E-state index contributed by atoms with van der Waals surface area (Å²) in [5.41, 5.74) is 1.88. The van der Waals surface area contributed by atoms with E-state index >= 15 is 0 Å². The molecule has 2 N–H and O–H groups in total. The lowest BCUT2D eigenvalue weighted by molar-refractivity contribution is -0.139. The fourth-order valence-corrected chi connectivity index (χ4v) is 7.57. The van der Waals surface area contributed by atoms with Gasteiger partial charge in [-0.05, 0) is 116 Å². The van der Waals surface area contributed by atoms with E-state index in [0.717, 1.165) is 66.4 Å². The quantitative estimate of drug-likeness (QED) is 0.238. The SMILES string of the molecule is O=C(O)/C=C/C(=C/CCc1ccc(C23CC4CC(CC(C4)C2)C3)c(OCC(=O)O)c1)c1cccc(C(F)(F)F)c1. The van der Waals surface area contributed by atoms with Gasteiger partial charge < -0.3 is 14.9 Å². The second-order valence-corrected chi connectivity index (χ2v) is 11.7. The van der Waals surface area contributed by atoms with Crippen LogP contribution in [0.3, 0.4) is 0 Å². The molecule has 2 aromatic rings. The van der Waals surface area contributed by atoms with Crippen LogP contribution in [0.15, 0.2) is 60.7 Å². The van der Waals surface area contributed by atoms with Crippen LogP contribution in [-0.4, -0.2) is 28.8 Å². The van der Waals surface area contributed by atoms with Crippen LogP contribution in [-0.2, 0) is 27.6 Å². The first kappa shape index (κ1) is 28.0. The van der Waals surface area contributed by atoms with Crippen LogP contribution in [0.4, 0.5) is 13.2 Å². The van der Waals surface area contributed by atoms with Crippen molar-refractivity contribution in [3.05, 3.63) is 82.9 Å². The number of aryl methyl sites for hydroxylation is 1. The average Bonchev–Trinajstić information content (AvgIpc) is 2.88. The Bertz CT molecular complexity index is 1310. The van der Waals surface area contributed by atoms with Crippen LogP contribution in [0.1, 0.15) is 67.2 Å². The molecule has 4 aliphatic rings. The number of hydrogen-bond acceptors (Lipinski definition) is 3. The predicted octanol–water partition coefficient (Wildman–Crippen LogP) is 7.29. The van der Waals surface area contributed by atoms with Gasteiger partial charge in [0.1, 0.15) is 5.75 Å². The van der Waals surface area contributed by atoms with Gasteiger partial charge in [0, 0.05) is 11.6 Å². The van der Waals surface area contributed by atoms with Gasteiger partial charge in [0.2, 0.25) is 0 Å². The molecule has 212 valence electrons. The van der Waals surface area contributed by atoms with E-state index in [0.29, 0.717) is 24.2 Å². The fourth-order valence-electron chi connectivity index (χ4n) is 7.57. The molecule has 0 saturated heterocycles. The molecular weight excluding hydrogens is 521 g/mol. The van der Waals surface area contributed by atoms with E-state index in [1.165, 1.54) is 37.5 Å². The maximum atomic E-state index is 13.3. The standard InChI is InChI=1S/C32H33F3O5/c33-32(34,35)26-6-2-5-25(15-26)24(8-10-29(36)37)4-1-3-20-7-9-27(28(14-20)40-19-30(38)39)31-16-21-11-22(17-31)13-23(12-21)18-31/h2,4-10,14-15,21-23H,1,3,11-13,16-19H2,(H,36,37)(H,38,39)/b10-8+,24-4-. The summed E-state index contributed by atoms with van der Waals surface area (Å²) < 4.78 is 45.6. The molecule has 4 fully saturated rings. The molecule has 5 nitrogen and oxygen atoms in total. The van der Waals surface area contributed by atoms with Crippen molar-refractivity contribution in [3.8, 4) is 5.75 Å². The summed E-state index contributed by atoms with van der Waals surface area (Å²) in [6.45, 7) is -0.428. The lowest BCUT2D eigenvalue weighted by Crippen LogP contribution is -2.48. The van der Waals surface area contributed by atoms with Gasteiger partial charge >= 0.3 is 18.1 Å². The molecular formula is C32H33F3O5. The predicted molar refractivity (Wildman–Crippen MR) is 144 cm³/mol. The minimum absolute atomic E-state index is 0.0271. The molecule has 0 unspecified atom stereocenters. The van der Waals surface area contributed by atoms with Crippen molar-refractivity contribution in [2.45, 2.75) is 63.0 Å². The highest BCUT2D eigenvalue weighted by Gasteiger charge is 2.52. The zero-order valence-corrected chi connectivity index (χ0v) is 22.1. The van der Waals surface area contributed by atoms with Gasteiger partial charge in [0.25, 0.3) is 0 Å². The Kier molecular flexibility index (Phi) is 7.80. The summed E-state index contributed by atoms with van der Waals surface area (Å²) in [6.07, 6.45) is 7.58. The van der Waals surface area contributed by atoms with Gasteiger partial charge in [-0.2, -0.15) is 13.2 Å². The lowest BCUT2D eigenvalue weighted by Gasteiger charge is -2.57. The van der Waals surface area contributed by atoms with Crippen LogP contribution >= 0.6 is 0 Å². The third-order valence-corrected chi connectivity index (χ3v) is 8.73. The van der Waals surface area contributed by atoms with Crippen molar-refractivity contribution in [1.29, 1.82) is 0 Å². The Balaban J connectivity index is 1.39. The lowest BCUT2D eigenvalue weighted by atomic mass is 9.48. The molecule has 0 heterocycles. The fraction of sp³-hybridized carbons (Fsp3) is 0.438. The Labute approximate surface area is 231 Å². The molecule has 40 heavy (non-hydrogen) atoms. The average molecular weight is 555 g/mol. The van der Waals surface area contributed by atoms with Gasteiger partial charge in [-0.1, -0.05) is 30.3 Å². The molecule has 6 rings (SSSR count). The minimum Gasteiger partial charge on any atom is -0.482 e. The summed E-state index contributed by atoms with van der Waals surface area (Å²) in [7, 11) is 0. The smallest absolute Gasteiger partial charge is 0.416 e. The maximum absolute atomic E-state index is 13.3. The first-order valence-corrected chi connectivity index (χ1v) is 13.8. The van der Waals surface area contributed by atoms with E-state index in [9.17, 15) is 27.9 Å². The number of rotatable bonds is 10. The van der Waals surface area contributed by atoms with Gasteiger partial charge in [-0.25, -0.2) is 9.59 Å². The van der Waals surface area contributed by atoms with Gasteiger partial charge in [0.15, 0.2) is 6.61 Å². The second-order valence-electron chi connectivity index (χ2n) is 11.7. The van der Waals surface area contributed by atoms with Crippen molar-refractivity contribution >= 4 is 17.5 Å². The van der Waals surface area contributed by atoms with Crippen molar-refractivity contribution in [2.24, 2.45) is 17.8 Å². The number of ether oxygens (including phenoxy) is 1. The number of benzene rings is 2. The first-order valence-electron chi connectivity index (χ1n) is 13.8. The highest BCUT2D eigenvalue weighted by Crippen LogP contribution is 2.62. The minimum atomic E-state index is -4.51. The topological polar surface area (TPSA) is 83.8 Å². The Morgan fingerprint density at radius 3 is 2.23 bits per heavy atom. The van der Waals surface area contributed by atoms with E-state index in [1.54, 1.807) is 6.08 Å². The normalized spacial score (nSPS) is 25.9. The number of hydrogen-bond donors (Lipinski definition) is 2. The number of allylic oxidation sites excluding steroid dienone is 3. The summed E-state index contributed by atoms with van der Waals surface area (Å²) in [4.78, 5) is 22.5. The van der Waals surface area contributed by atoms with Gasteiger partial charge in [-0.15, -0.1) is 0 Å². The molecule has 0 spiro atoms. The molecule has 4 bridgehead atoms. The number of aliphatic carboxylic acids is 2. The molecule has 0 aliphatic heterocycles. The van der Waals surface area contributed by atoms with Crippen molar-refractivity contribution < 1.29 is 37.7 Å². The van der Waals surface area contributed by atoms with Crippen LogP contribution in [0, 0.1) is 17.8 Å². The number of alkyl halides is 3. The van der Waals surface area contributed by atoms with Crippen LogP contribution in [0.2, 0.25) is 0 Å². The van der Waals surface area contributed by atoms with Crippen molar-refractivity contribution in [3.63, 3.8) is 0 Å². The Hall–Kier alpha value is -3.55. The summed E-state index contributed by atoms with van der Waals surface area (Å²) in [5, 5.41) is 18.4. The van der Waals surface area contributed by atoms with Crippen molar-refractivity contribution in [1.82, 2.24) is 0 Å². The molecule has 2 aromatic carbocycles. The third kappa shape index (κ3) is 6.26. The van der Waals surface area contributed by atoms with Gasteiger partial charge in [-0.3, -0.25) is 0 Å². The van der Waals surface area contributed by atoms with E-state index in [4.69, 9.17) is 9.84 Å². The van der Waals surface area contributed by atoms with E-state index in [-0.39, 0.29) is 11.0 Å². The van der Waals surface area contributed by atoms with Gasteiger partial charge in [0.05, 0.1) is 5.56 Å². The molecule has 0 amide bonds. The Morgan fingerprint density at radius 2 is 1.62 bits per heavy atom. The molecule has 0 radical (unpaired) electrons. The highest BCUT2D eigenvalue weighted by atomic mass is 19.4. The number of carbonyl (C=O) groups is 2. The van der Waals surface area contributed by atoms with E-state index in [2.05, 4.69) is 6.07 Å². The molecule has 0 aromatic heterocycles. The van der Waals surface area contributed by atoms with Crippen LogP contribution in [0.25, 0.3) is 5.57 Å². The van der Waals surface area contributed by atoms with E-state index in [1.807, 2.05) is 12.1 Å². The molecule has 8 heteroatoms. The highest BCUT2D eigenvalue weighted by molar-refractivity contribution is 5.85. The van der Waals surface area contributed by atoms with Crippen LogP contribution in [0.5, 0.6) is 5.75 Å². The number of carboxylic acids is 2. The molecule has 4 aliphatic carbocycles. The van der Waals surface area contributed by atoms with E-state index < -0.39 is 30.3 Å². The zero-order chi connectivity index (χ0) is 28.5. The zero-order valence-electron chi connectivity index (χ0n) is 22.1. The largest absolute Gasteiger partial charge is 0.482 e. The monoisotopic (exact) mass is 554 g/mol.